The molecule has 0 aromatic heterocycles. The van der Waals surface area contributed by atoms with E-state index in [9.17, 15) is 4.79 Å². The van der Waals surface area contributed by atoms with Crippen molar-refractivity contribution in [1.29, 1.82) is 0 Å². The van der Waals surface area contributed by atoms with Crippen LogP contribution >= 0.6 is 0 Å². The second-order valence-corrected chi connectivity index (χ2v) is 4.42. The van der Waals surface area contributed by atoms with Gasteiger partial charge in [0.25, 0.3) is 0 Å². The van der Waals surface area contributed by atoms with Gasteiger partial charge in [-0.05, 0) is 31.6 Å². The molecular weight excluding hydrogens is 164 g/mol. The van der Waals surface area contributed by atoms with E-state index in [1.54, 1.807) is 0 Å². The molecule has 1 saturated heterocycles. The summed E-state index contributed by atoms with van der Waals surface area (Å²) in [5.41, 5.74) is 5.23. The number of hydrogen-bond donors (Lipinski definition) is 2. The lowest BCUT2D eigenvalue weighted by Gasteiger charge is -2.11. The molecule has 13 heavy (non-hydrogen) atoms. The first kappa shape index (κ1) is 9.00. The van der Waals surface area contributed by atoms with Crippen LogP contribution in [0.3, 0.4) is 0 Å². The Balaban J connectivity index is 1.67. The lowest BCUT2D eigenvalue weighted by molar-refractivity contribution is -0.119. The predicted octanol–water partition coefficient (Wildman–Crippen LogP) is 0.782. The van der Waals surface area contributed by atoms with Gasteiger partial charge in [0.05, 0.1) is 6.04 Å². The number of rotatable bonds is 4. The van der Waals surface area contributed by atoms with Crippen LogP contribution in [0.2, 0.25) is 0 Å². The molecule has 0 radical (unpaired) electrons. The first-order valence-corrected chi connectivity index (χ1v) is 5.31. The van der Waals surface area contributed by atoms with Crippen LogP contribution in [-0.4, -0.2) is 18.0 Å². The second-order valence-electron chi connectivity index (χ2n) is 4.42. The molecule has 0 aromatic rings. The summed E-state index contributed by atoms with van der Waals surface area (Å²) < 4.78 is 0. The van der Waals surface area contributed by atoms with Crippen molar-refractivity contribution in [3.8, 4) is 0 Å². The van der Waals surface area contributed by atoms with E-state index >= 15 is 0 Å². The maximum Gasteiger partial charge on any atom is 0.234 e. The van der Waals surface area contributed by atoms with Crippen LogP contribution < -0.4 is 11.1 Å². The van der Waals surface area contributed by atoms with Gasteiger partial charge >= 0.3 is 0 Å². The third-order valence-corrected chi connectivity index (χ3v) is 3.20. The first-order valence-electron chi connectivity index (χ1n) is 5.31. The van der Waals surface area contributed by atoms with Gasteiger partial charge in [0, 0.05) is 6.04 Å². The summed E-state index contributed by atoms with van der Waals surface area (Å²) in [4.78, 5) is 10.9. The molecule has 0 spiro atoms. The zero-order chi connectivity index (χ0) is 9.26. The molecular formula is C10H18N2O. The molecule has 1 aliphatic heterocycles. The Labute approximate surface area is 79.1 Å². The fourth-order valence-electron chi connectivity index (χ4n) is 2.11. The van der Waals surface area contributed by atoms with Gasteiger partial charge in [-0.15, -0.1) is 0 Å². The van der Waals surface area contributed by atoms with Gasteiger partial charge < -0.3 is 11.1 Å². The Morgan fingerprint density at radius 3 is 2.54 bits per heavy atom. The van der Waals surface area contributed by atoms with Gasteiger partial charge in [0.15, 0.2) is 0 Å². The highest BCUT2D eigenvalue weighted by molar-refractivity contribution is 5.80. The molecule has 74 valence electrons. The number of primary amides is 1. The minimum Gasteiger partial charge on any atom is -0.368 e. The van der Waals surface area contributed by atoms with Crippen LogP contribution in [0, 0.1) is 5.92 Å². The van der Waals surface area contributed by atoms with Crippen molar-refractivity contribution >= 4 is 5.91 Å². The van der Waals surface area contributed by atoms with Crippen LogP contribution in [0.1, 0.15) is 38.5 Å². The zero-order valence-corrected chi connectivity index (χ0v) is 7.96. The van der Waals surface area contributed by atoms with Crippen molar-refractivity contribution in [2.45, 2.75) is 50.6 Å². The summed E-state index contributed by atoms with van der Waals surface area (Å²) >= 11 is 0. The van der Waals surface area contributed by atoms with Crippen LogP contribution in [0.25, 0.3) is 0 Å². The van der Waals surface area contributed by atoms with Crippen molar-refractivity contribution in [3.63, 3.8) is 0 Å². The number of carbonyl (C=O) groups is 1. The number of hydrogen-bond acceptors (Lipinski definition) is 2. The second kappa shape index (κ2) is 3.66. The molecule has 0 bridgehead atoms. The summed E-state index contributed by atoms with van der Waals surface area (Å²) in [6.45, 7) is 0. The van der Waals surface area contributed by atoms with Crippen LogP contribution in [-0.2, 0) is 4.79 Å². The van der Waals surface area contributed by atoms with E-state index in [0.717, 1.165) is 18.8 Å². The first-order chi connectivity index (χ1) is 6.25. The van der Waals surface area contributed by atoms with Crippen LogP contribution in [0.4, 0.5) is 0 Å². The van der Waals surface area contributed by atoms with E-state index in [2.05, 4.69) is 5.32 Å². The van der Waals surface area contributed by atoms with E-state index in [1.807, 2.05) is 0 Å². The average molecular weight is 182 g/mol. The Bertz CT molecular complexity index is 201. The molecule has 2 fully saturated rings. The van der Waals surface area contributed by atoms with E-state index in [1.165, 1.54) is 25.7 Å². The zero-order valence-electron chi connectivity index (χ0n) is 7.96. The number of carbonyl (C=O) groups excluding carboxylic acids is 1. The predicted molar refractivity (Wildman–Crippen MR) is 51.1 cm³/mol. The van der Waals surface area contributed by atoms with Crippen LogP contribution in [0.15, 0.2) is 0 Å². The molecule has 3 heteroatoms. The maximum absolute atomic E-state index is 10.9. The number of nitrogens with two attached hydrogens (primary N) is 1. The van der Waals surface area contributed by atoms with Crippen molar-refractivity contribution in [3.05, 3.63) is 0 Å². The van der Waals surface area contributed by atoms with Gasteiger partial charge in [-0.3, -0.25) is 4.79 Å². The third kappa shape index (κ3) is 2.44. The normalized spacial score (nSPS) is 33.5. The Morgan fingerprint density at radius 1 is 1.23 bits per heavy atom. The highest BCUT2D eigenvalue weighted by Crippen LogP contribution is 2.34. The largest absolute Gasteiger partial charge is 0.368 e. The summed E-state index contributed by atoms with van der Waals surface area (Å²) in [6, 6.07) is 0.502. The molecule has 2 atom stereocenters. The Hall–Kier alpha value is -0.570. The van der Waals surface area contributed by atoms with Crippen LogP contribution in [0.5, 0.6) is 0 Å². The van der Waals surface area contributed by atoms with E-state index in [4.69, 9.17) is 5.73 Å². The Morgan fingerprint density at radius 2 is 2.00 bits per heavy atom. The van der Waals surface area contributed by atoms with Gasteiger partial charge in [-0.25, -0.2) is 0 Å². The summed E-state index contributed by atoms with van der Waals surface area (Å²) in [5, 5.41) is 3.30. The summed E-state index contributed by atoms with van der Waals surface area (Å²) in [5.74, 6) is 0.809. The molecule has 1 amide bonds. The molecule has 2 rings (SSSR count). The maximum atomic E-state index is 10.9. The topological polar surface area (TPSA) is 55.1 Å². The van der Waals surface area contributed by atoms with Crippen molar-refractivity contribution in [2.24, 2.45) is 11.7 Å². The summed E-state index contributed by atoms with van der Waals surface area (Å²) in [7, 11) is 0. The monoisotopic (exact) mass is 182 g/mol. The average Bonchev–Trinajstić information content (AvgIpc) is 2.79. The fraction of sp³-hybridized carbons (Fsp3) is 0.900. The van der Waals surface area contributed by atoms with Gasteiger partial charge in [0.1, 0.15) is 0 Å². The Kier molecular flexibility index (Phi) is 2.54. The fourth-order valence-corrected chi connectivity index (χ4v) is 2.11. The molecule has 3 N–H and O–H groups in total. The standard InChI is InChI=1S/C10H18N2O/c11-10(13)9-6-5-8(12-9)4-3-7-1-2-7/h7-9,12H,1-6H2,(H2,11,13). The van der Waals surface area contributed by atoms with E-state index in [-0.39, 0.29) is 11.9 Å². The lowest BCUT2D eigenvalue weighted by atomic mass is 10.1. The highest BCUT2D eigenvalue weighted by Gasteiger charge is 2.29. The van der Waals surface area contributed by atoms with Gasteiger partial charge in [0.2, 0.25) is 5.91 Å². The molecule has 1 aliphatic carbocycles. The van der Waals surface area contributed by atoms with Crippen molar-refractivity contribution < 1.29 is 4.79 Å². The van der Waals surface area contributed by atoms with E-state index in [0.29, 0.717) is 6.04 Å². The van der Waals surface area contributed by atoms with Crippen molar-refractivity contribution in [1.82, 2.24) is 5.32 Å². The lowest BCUT2D eigenvalue weighted by Crippen LogP contribution is -2.39. The number of amides is 1. The molecule has 2 aliphatic rings. The van der Waals surface area contributed by atoms with Gasteiger partial charge in [-0.2, -0.15) is 0 Å². The van der Waals surface area contributed by atoms with Crippen molar-refractivity contribution in [2.75, 3.05) is 0 Å². The summed E-state index contributed by atoms with van der Waals surface area (Å²) in [6.07, 6.45) is 7.47. The smallest absolute Gasteiger partial charge is 0.234 e. The highest BCUT2D eigenvalue weighted by atomic mass is 16.1. The minimum atomic E-state index is -0.186. The molecule has 1 saturated carbocycles. The van der Waals surface area contributed by atoms with Gasteiger partial charge in [-0.1, -0.05) is 12.8 Å². The molecule has 1 heterocycles. The SMILES string of the molecule is NC(=O)C1CCC(CCC2CC2)N1. The minimum absolute atomic E-state index is 0.0517. The molecule has 0 aromatic carbocycles. The molecule has 2 unspecified atom stereocenters. The quantitative estimate of drug-likeness (QED) is 0.675. The molecule has 3 nitrogen and oxygen atoms in total. The number of nitrogens with one attached hydrogen (secondary N) is 1. The third-order valence-electron chi connectivity index (χ3n) is 3.20. The van der Waals surface area contributed by atoms with E-state index < -0.39 is 0 Å².